The largest absolute Gasteiger partial charge is 0.388 e. The summed E-state index contributed by atoms with van der Waals surface area (Å²) in [7, 11) is 2.03. The molecule has 0 aromatic carbocycles. The third-order valence-electron chi connectivity index (χ3n) is 2.35. The van der Waals surface area contributed by atoms with Crippen LogP contribution < -0.4 is 10.6 Å². The van der Waals surface area contributed by atoms with Gasteiger partial charge in [-0.05, 0) is 12.8 Å². The molecule has 1 aliphatic carbocycles. The molecule has 14 heavy (non-hydrogen) atoms. The SMILES string of the molecule is CN(c1cnc(C(N)=S)cn1)C1CC1. The zero-order valence-electron chi connectivity index (χ0n) is 7.97. The molecule has 0 saturated heterocycles. The van der Waals surface area contributed by atoms with Crippen molar-refractivity contribution in [3.63, 3.8) is 0 Å². The van der Waals surface area contributed by atoms with Crippen LogP contribution in [0.25, 0.3) is 0 Å². The lowest BCUT2D eigenvalue weighted by Crippen LogP contribution is -2.21. The Balaban J connectivity index is 2.16. The highest BCUT2D eigenvalue weighted by Crippen LogP contribution is 2.28. The fourth-order valence-corrected chi connectivity index (χ4v) is 1.38. The van der Waals surface area contributed by atoms with E-state index in [2.05, 4.69) is 14.9 Å². The smallest absolute Gasteiger partial charge is 0.147 e. The van der Waals surface area contributed by atoms with E-state index in [4.69, 9.17) is 18.0 Å². The van der Waals surface area contributed by atoms with Gasteiger partial charge in [0.15, 0.2) is 0 Å². The van der Waals surface area contributed by atoms with Crippen LogP contribution in [0.5, 0.6) is 0 Å². The van der Waals surface area contributed by atoms with E-state index in [1.165, 1.54) is 12.8 Å². The molecule has 1 aromatic rings. The van der Waals surface area contributed by atoms with Gasteiger partial charge in [-0.15, -0.1) is 0 Å². The van der Waals surface area contributed by atoms with E-state index in [0.29, 0.717) is 11.7 Å². The van der Waals surface area contributed by atoms with Gasteiger partial charge in [-0.3, -0.25) is 0 Å². The molecular formula is C9H12N4S. The van der Waals surface area contributed by atoms with Crippen molar-refractivity contribution in [1.82, 2.24) is 9.97 Å². The standard InChI is InChI=1S/C9H12N4S/c1-13(6-2-3-6)8-5-11-7(4-12-8)9(10)14/h4-6H,2-3H2,1H3,(H2,10,14). The van der Waals surface area contributed by atoms with Crippen molar-refractivity contribution < 1.29 is 0 Å². The van der Waals surface area contributed by atoms with Gasteiger partial charge in [0.2, 0.25) is 0 Å². The predicted octanol–water partition coefficient (Wildman–Crippen LogP) is 0.709. The molecule has 0 unspecified atom stereocenters. The lowest BCUT2D eigenvalue weighted by atomic mass is 10.4. The molecule has 0 amide bonds. The Bertz CT molecular complexity index is 344. The Labute approximate surface area is 88.1 Å². The number of hydrogen-bond donors (Lipinski definition) is 1. The van der Waals surface area contributed by atoms with Crippen molar-refractivity contribution in [1.29, 1.82) is 0 Å². The van der Waals surface area contributed by atoms with Crippen LogP contribution in [-0.4, -0.2) is 28.0 Å². The molecule has 5 heteroatoms. The van der Waals surface area contributed by atoms with E-state index in [-0.39, 0.29) is 4.99 Å². The van der Waals surface area contributed by atoms with Crippen molar-refractivity contribution in [3.8, 4) is 0 Å². The minimum atomic E-state index is 0.290. The number of aromatic nitrogens is 2. The Morgan fingerprint density at radius 2 is 2.21 bits per heavy atom. The maximum absolute atomic E-state index is 5.43. The molecule has 0 bridgehead atoms. The molecule has 2 N–H and O–H groups in total. The zero-order chi connectivity index (χ0) is 10.1. The maximum atomic E-state index is 5.43. The topological polar surface area (TPSA) is 55.0 Å². The monoisotopic (exact) mass is 208 g/mol. The van der Waals surface area contributed by atoms with Crippen LogP contribution in [0.4, 0.5) is 5.82 Å². The predicted molar refractivity (Wildman–Crippen MR) is 59.3 cm³/mol. The minimum Gasteiger partial charge on any atom is -0.388 e. The lowest BCUT2D eigenvalue weighted by Gasteiger charge is -2.16. The molecule has 1 aromatic heterocycles. The zero-order valence-corrected chi connectivity index (χ0v) is 8.79. The highest BCUT2D eigenvalue weighted by Gasteiger charge is 2.27. The number of anilines is 1. The summed E-state index contributed by atoms with van der Waals surface area (Å²) in [6.45, 7) is 0. The Morgan fingerprint density at radius 3 is 2.64 bits per heavy atom. The molecule has 4 nitrogen and oxygen atoms in total. The number of hydrogen-bond acceptors (Lipinski definition) is 4. The van der Waals surface area contributed by atoms with Crippen molar-refractivity contribution in [2.24, 2.45) is 5.73 Å². The molecule has 0 aliphatic heterocycles. The highest BCUT2D eigenvalue weighted by molar-refractivity contribution is 7.80. The van der Waals surface area contributed by atoms with E-state index in [9.17, 15) is 0 Å². The van der Waals surface area contributed by atoms with Crippen LogP contribution in [0.3, 0.4) is 0 Å². The van der Waals surface area contributed by atoms with Gasteiger partial charge in [0.1, 0.15) is 16.5 Å². The number of rotatable bonds is 3. The summed E-state index contributed by atoms with van der Waals surface area (Å²) >= 11 is 4.80. The van der Waals surface area contributed by atoms with Gasteiger partial charge < -0.3 is 10.6 Å². The van der Waals surface area contributed by atoms with Crippen molar-refractivity contribution >= 4 is 23.0 Å². The molecule has 0 spiro atoms. The third kappa shape index (κ3) is 1.82. The van der Waals surface area contributed by atoms with E-state index in [0.717, 1.165) is 5.82 Å². The van der Waals surface area contributed by atoms with Crippen LogP contribution in [0, 0.1) is 0 Å². The average molecular weight is 208 g/mol. The van der Waals surface area contributed by atoms with E-state index in [1.807, 2.05) is 7.05 Å². The molecular weight excluding hydrogens is 196 g/mol. The molecule has 74 valence electrons. The van der Waals surface area contributed by atoms with Crippen LogP contribution in [0.1, 0.15) is 18.5 Å². The van der Waals surface area contributed by atoms with Crippen LogP contribution in [-0.2, 0) is 0 Å². The number of nitrogens with zero attached hydrogens (tertiary/aromatic N) is 3. The van der Waals surface area contributed by atoms with Gasteiger partial charge in [0, 0.05) is 13.1 Å². The molecule has 1 heterocycles. The third-order valence-corrected chi connectivity index (χ3v) is 2.56. The summed E-state index contributed by atoms with van der Waals surface area (Å²) in [5, 5.41) is 0. The van der Waals surface area contributed by atoms with Gasteiger partial charge in [-0.25, -0.2) is 9.97 Å². The summed E-state index contributed by atoms with van der Waals surface area (Å²) < 4.78 is 0. The Hall–Kier alpha value is -1.23. The fraction of sp³-hybridized carbons (Fsp3) is 0.444. The fourth-order valence-electron chi connectivity index (χ4n) is 1.28. The normalized spacial score (nSPS) is 15.2. The summed E-state index contributed by atoms with van der Waals surface area (Å²) in [5.74, 6) is 0.882. The summed E-state index contributed by atoms with van der Waals surface area (Å²) in [5.41, 5.74) is 6.00. The molecule has 0 atom stereocenters. The van der Waals surface area contributed by atoms with Gasteiger partial charge in [0.25, 0.3) is 0 Å². The minimum absolute atomic E-state index is 0.290. The van der Waals surface area contributed by atoms with Gasteiger partial charge >= 0.3 is 0 Å². The first-order chi connectivity index (χ1) is 6.68. The van der Waals surface area contributed by atoms with E-state index in [1.54, 1.807) is 12.4 Å². The van der Waals surface area contributed by atoms with E-state index < -0.39 is 0 Å². The van der Waals surface area contributed by atoms with Crippen molar-refractivity contribution in [2.45, 2.75) is 18.9 Å². The summed E-state index contributed by atoms with van der Waals surface area (Å²) in [6.07, 6.45) is 5.83. The maximum Gasteiger partial charge on any atom is 0.147 e. The van der Waals surface area contributed by atoms with Gasteiger partial charge in [0.05, 0.1) is 12.4 Å². The number of thiocarbonyl (C=S) groups is 1. The van der Waals surface area contributed by atoms with Gasteiger partial charge in [-0.1, -0.05) is 12.2 Å². The highest BCUT2D eigenvalue weighted by atomic mass is 32.1. The van der Waals surface area contributed by atoms with Gasteiger partial charge in [-0.2, -0.15) is 0 Å². The quantitative estimate of drug-likeness (QED) is 0.741. The Morgan fingerprint density at radius 1 is 1.50 bits per heavy atom. The molecule has 1 aliphatic rings. The first kappa shape index (κ1) is 9.33. The van der Waals surface area contributed by atoms with Crippen molar-refractivity contribution in [3.05, 3.63) is 18.1 Å². The summed E-state index contributed by atoms with van der Waals surface area (Å²) in [6, 6.07) is 0.639. The van der Waals surface area contributed by atoms with Crippen LogP contribution in [0.15, 0.2) is 12.4 Å². The number of nitrogens with two attached hydrogens (primary N) is 1. The summed E-state index contributed by atoms with van der Waals surface area (Å²) in [4.78, 5) is 10.8. The van der Waals surface area contributed by atoms with Crippen molar-refractivity contribution in [2.75, 3.05) is 11.9 Å². The molecule has 0 radical (unpaired) electrons. The Kier molecular flexibility index (Phi) is 2.33. The molecule has 1 saturated carbocycles. The molecule has 2 rings (SSSR count). The second kappa shape index (κ2) is 3.49. The lowest BCUT2D eigenvalue weighted by molar-refractivity contribution is 0.883. The molecule has 1 fully saturated rings. The van der Waals surface area contributed by atoms with Crippen LogP contribution >= 0.6 is 12.2 Å². The second-order valence-corrected chi connectivity index (χ2v) is 3.91. The first-order valence-corrected chi connectivity index (χ1v) is 4.94. The average Bonchev–Trinajstić information content (AvgIpc) is 3.00. The first-order valence-electron chi connectivity index (χ1n) is 4.53. The second-order valence-electron chi connectivity index (χ2n) is 3.47. The van der Waals surface area contributed by atoms with E-state index >= 15 is 0 Å². The van der Waals surface area contributed by atoms with Crippen LogP contribution in [0.2, 0.25) is 0 Å².